The first kappa shape index (κ1) is 44.1. The van der Waals surface area contributed by atoms with Crippen LogP contribution in [0, 0.1) is 6.92 Å². The van der Waals surface area contributed by atoms with Crippen LogP contribution in [0.15, 0.2) is 59.1 Å². The number of hydrogen-bond donors (Lipinski definition) is 4. The Morgan fingerprint density at radius 2 is 1.42 bits per heavy atom. The number of amides is 4. The van der Waals surface area contributed by atoms with Crippen molar-refractivity contribution in [2.75, 3.05) is 0 Å². The Hall–Kier alpha value is -3.62. The molecule has 288 valence electrons. The molecule has 5 heterocycles. The summed E-state index contributed by atoms with van der Waals surface area (Å²) >= 11 is 8.93. The summed E-state index contributed by atoms with van der Waals surface area (Å²) < 4.78 is 3.85. The Balaban J connectivity index is 0.000000240. The molecule has 0 radical (unpaired) electrons. The first-order valence-corrected chi connectivity index (χ1v) is 18.6. The van der Waals surface area contributed by atoms with Crippen molar-refractivity contribution in [1.29, 1.82) is 0 Å². The van der Waals surface area contributed by atoms with Crippen LogP contribution in [0.25, 0.3) is 11.3 Å². The second kappa shape index (κ2) is 16.5. The molecule has 7 rings (SSSR count). The minimum atomic E-state index is -1.31. The van der Waals surface area contributed by atoms with Crippen LogP contribution < -0.4 is 51.0 Å². The van der Waals surface area contributed by atoms with Gasteiger partial charge in [-0.25, -0.2) is 4.79 Å². The monoisotopic (exact) mass is 824 g/mol. The summed E-state index contributed by atoms with van der Waals surface area (Å²) in [5, 5.41) is 29.8. The van der Waals surface area contributed by atoms with E-state index in [1.54, 1.807) is 83.1 Å². The second-order valence-electron chi connectivity index (χ2n) is 13.9. The summed E-state index contributed by atoms with van der Waals surface area (Å²) in [7, 11) is 0. The molecule has 55 heavy (non-hydrogen) atoms. The summed E-state index contributed by atoms with van der Waals surface area (Å²) in [6.45, 7) is 8.65. The SMILES string of the molecule is CC1(C)S[C@@H]2[C@H](NC(=O)[C@H](N)c3ccccc3)C(=O)N2[C@H]1C(=O)O.Cc1onc(-c2ccccc2Cl)c1C(=O)N[C@@H]1C(=O)N2[C@@H]1SC(C)(C)[C@@H]2C(=O)[O-].O.[Na+]. The van der Waals surface area contributed by atoms with Crippen molar-refractivity contribution in [2.45, 2.75) is 85.1 Å². The molecule has 7 N–H and O–H groups in total. The number of β-lactam (4-membered cyclic amide) rings is 2. The number of carbonyl (C=O) groups is 6. The number of aromatic nitrogens is 1. The molecule has 0 saturated carbocycles. The topological polar surface area (TPSA) is 260 Å². The van der Waals surface area contributed by atoms with Gasteiger partial charge in [0.2, 0.25) is 17.7 Å². The first-order chi connectivity index (χ1) is 24.9. The minimum Gasteiger partial charge on any atom is -0.548 e. The minimum absolute atomic E-state index is 0. The van der Waals surface area contributed by atoms with Crippen LogP contribution in [0.4, 0.5) is 0 Å². The van der Waals surface area contributed by atoms with E-state index in [0.717, 1.165) is 0 Å². The van der Waals surface area contributed by atoms with Crippen LogP contribution in [-0.2, 0) is 24.0 Å². The van der Waals surface area contributed by atoms with Gasteiger partial charge in [0.05, 0.1) is 17.0 Å². The maximum Gasteiger partial charge on any atom is 1.00 e. The Kier molecular flexibility index (Phi) is 13.2. The molecule has 4 aliphatic heterocycles. The average molecular weight is 825 g/mol. The van der Waals surface area contributed by atoms with Crippen LogP contribution in [0.2, 0.25) is 5.02 Å². The largest absolute Gasteiger partial charge is 1.00 e. The van der Waals surface area contributed by atoms with Crippen molar-refractivity contribution in [3.8, 4) is 11.3 Å². The number of rotatable bonds is 8. The van der Waals surface area contributed by atoms with E-state index in [-0.39, 0.29) is 63.3 Å². The fourth-order valence-corrected chi connectivity index (χ4v) is 10.5. The number of carboxylic acids is 2. The molecule has 0 spiro atoms. The van der Waals surface area contributed by atoms with E-state index in [2.05, 4.69) is 15.8 Å². The first-order valence-electron chi connectivity index (χ1n) is 16.4. The average Bonchev–Trinajstić information content (AvgIpc) is 3.70. The summed E-state index contributed by atoms with van der Waals surface area (Å²) in [5.74, 6) is -3.87. The zero-order valence-corrected chi connectivity index (χ0v) is 35.0. The number of benzene rings is 2. The van der Waals surface area contributed by atoms with E-state index in [1.807, 2.05) is 6.07 Å². The molecule has 1 aromatic heterocycles. The third-order valence-electron chi connectivity index (χ3n) is 9.58. The summed E-state index contributed by atoms with van der Waals surface area (Å²) in [4.78, 5) is 75.8. The number of aliphatic carboxylic acids is 2. The van der Waals surface area contributed by atoms with Gasteiger partial charge in [-0.1, -0.05) is 65.3 Å². The van der Waals surface area contributed by atoms with Crippen molar-refractivity contribution in [3.05, 3.63) is 76.5 Å². The number of hydrogen-bond acceptors (Lipinski definition) is 12. The summed E-state index contributed by atoms with van der Waals surface area (Å²) in [6.07, 6.45) is 0. The number of nitrogens with two attached hydrogens (primary N) is 1. The van der Waals surface area contributed by atoms with Crippen molar-refractivity contribution < 1.29 is 78.5 Å². The Morgan fingerprint density at radius 3 is 1.96 bits per heavy atom. The van der Waals surface area contributed by atoms with Crippen molar-refractivity contribution in [2.24, 2.45) is 5.73 Å². The van der Waals surface area contributed by atoms with E-state index in [1.165, 1.54) is 33.3 Å². The van der Waals surface area contributed by atoms with Crippen LogP contribution in [0.5, 0.6) is 0 Å². The number of fused-ring (bicyclic) bond motifs is 2. The zero-order chi connectivity index (χ0) is 38.7. The number of nitrogens with one attached hydrogen (secondary N) is 2. The van der Waals surface area contributed by atoms with E-state index < -0.39 is 74.7 Å². The number of halogens is 1. The van der Waals surface area contributed by atoms with Crippen molar-refractivity contribution in [1.82, 2.24) is 25.6 Å². The van der Waals surface area contributed by atoms with Crippen LogP contribution in [-0.4, -0.2) is 106 Å². The number of carboxylic acid groups (broad SMARTS) is 2. The Morgan fingerprint density at radius 1 is 0.909 bits per heavy atom. The predicted octanol–water partition coefficient (Wildman–Crippen LogP) is -2.29. The molecular weight excluding hydrogens is 787 g/mol. The van der Waals surface area contributed by atoms with Gasteiger partial charge >= 0.3 is 35.5 Å². The Bertz CT molecular complexity index is 2020. The standard InChI is InChI=1S/C19H18ClN3O5S.C16H19N3O4S.Na.H2O/c1-8-11(12(22-28-8)9-6-4-5-7-10(9)20)15(24)21-13-16(25)23-14(18(26)27)19(2,3)29-17(13)23;1-16(2)11(15(22)23)19-13(21)10(14(19)24-16)18-12(20)9(17)8-6-4-3-5-7-8;;/h4-7,13-14,17H,1-3H3,(H,21,24)(H,26,27);3-7,9-11,14H,17H2,1-2H3,(H,18,20)(H,22,23);;1H2/q;;+1;/p-1/t13-,14+,17-;9-,10-,11+,14-;;/m11../s1. The van der Waals surface area contributed by atoms with E-state index in [4.69, 9.17) is 21.9 Å². The van der Waals surface area contributed by atoms with Crippen molar-refractivity contribution >= 4 is 70.7 Å². The number of thioether (sulfide) groups is 2. The van der Waals surface area contributed by atoms with Gasteiger partial charge < -0.3 is 51.2 Å². The molecule has 0 aliphatic carbocycles. The van der Waals surface area contributed by atoms with E-state index in [0.29, 0.717) is 16.1 Å². The molecule has 20 heteroatoms. The maximum atomic E-state index is 13.0. The van der Waals surface area contributed by atoms with Gasteiger partial charge in [-0.3, -0.25) is 19.2 Å². The normalized spacial score (nSPS) is 25.6. The molecule has 0 unspecified atom stereocenters. The summed E-state index contributed by atoms with van der Waals surface area (Å²) in [5.41, 5.74) is 7.59. The molecule has 4 saturated heterocycles. The van der Waals surface area contributed by atoms with Gasteiger partial charge in [0.15, 0.2) is 0 Å². The number of carbonyl (C=O) groups excluding carboxylic acids is 5. The number of nitrogens with zero attached hydrogens (tertiary/aromatic N) is 3. The Labute approximate surface area is 351 Å². The molecular formula is C35H38ClN6NaO10S2. The molecule has 7 atom stereocenters. The van der Waals surface area contributed by atoms with Crippen LogP contribution in [0.3, 0.4) is 0 Å². The van der Waals surface area contributed by atoms with Gasteiger partial charge in [0.1, 0.15) is 51.9 Å². The fraction of sp³-hybridized carbons (Fsp3) is 0.400. The van der Waals surface area contributed by atoms with Gasteiger partial charge in [0, 0.05) is 15.1 Å². The van der Waals surface area contributed by atoms with Gasteiger partial charge in [-0.05, 0) is 46.2 Å². The molecule has 0 bridgehead atoms. The predicted molar refractivity (Wildman–Crippen MR) is 197 cm³/mol. The maximum absolute atomic E-state index is 13.0. The number of aryl methyl sites for hydroxylation is 1. The van der Waals surface area contributed by atoms with E-state index >= 15 is 0 Å². The molecule has 16 nitrogen and oxygen atoms in total. The quantitative estimate of drug-likeness (QED) is 0.138. The third-order valence-corrected chi connectivity index (χ3v) is 13.1. The van der Waals surface area contributed by atoms with Crippen LogP contribution >= 0.6 is 35.1 Å². The van der Waals surface area contributed by atoms with Gasteiger partial charge in [-0.2, -0.15) is 0 Å². The molecule has 3 aromatic rings. The zero-order valence-electron chi connectivity index (χ0n) is 30.6. The summed E-state index contributed by atoms with van der Waals surface area (Å²) in [6, 6.07) is 11.4. The van der Waals surface area contributed by atoms with Gasteiger partial charge in [0.25, 0.3) is 5.91 Å². The third kappa shape index (κ3) is 7.87. The van der Waals surface area contributed by atoms with Gasteiger partial charge in [-0.15, -0.1) is 23.5 Å². The van der Waals surface area contributed by atoms with E-state index in [9.17, 15) is 39.0 Å². The van der Waals surface area contributed by atoms with Crippen molar-refractivity contribution in [3.63, 3.8) is 0 Å². The second-order valence-corrected chi connectivity index (χ2v) is 17.9. The van der Waals surface area contributed by atoms with Crippen LogP contribution in [0.1, 0.15) is 55.4 Å². The molecule has 2 aromatic carbocycles. The smallest absolute Gasteiger partial charge is 0.548 e. The molecule has 4 fully saturated rings. The fourth-order valence-electron chi connectivity index (χ4n) is 7.02. The molecule has 4 amide bonds. The molecule has 4 aliphatic rings.